The van der Waals surface area contributed by atoms with Crippen LogP contribution in [0.1, 0.15) is 30.4 Å². The van der Waals surface area contributed by atoms with Crippen LogP contribution in [-0.2, 0) is 17.9 Å². The van der Waals surface area contributed by atoms with Crippen molar-refractivity contribution in [3.63, 3.8) is 0 Å². The molecule has 1 fully saturated rings. The van der Waals surface area contributed by atoms with Gasteiger partial charge in [-0.3, -0.25) is 9.69 Å². The normalized spacial score (nSPS) is 14.9. The van der Waals surface area contributed by atoms with Gasteiger partial charge in [0, 0.05) is 18.0 Å². The predicted molar refractivity (Wildman–Crippen MR) is 104 cm³/mol. The van der Waals surface area contributed by atoms with Crippen LogP contribution in [0, 0.1) is 11.6 Å². The highest BCUT2D eigenvalue weighted by Crippen LogP contribution is 2.22. The summed E-state index contributed by atoms with van der Waals surface area (Å²) in [6, 6.07) is 11.4. The van der Waals surface area contributed by atoms with Crippen molar-refractivity contribution in [2.24, 2.45) is 0 Å². The van der Waals surface area contributed by atoms with Gasteiger partial charge in [0.2, 0.25) is 5.91 Å². The molecule has 144 valence electrons. The summed E-state index contributed by atoms with van der Waals surface area (Å²) in [5.74, 6) is -1.17. The Kier molecular flexibility index (Phi) is 7.24. The molecule has 0 aliphatic carbocycles. The van der Waals surface area contributed by atoms with Gasteiger partial charge in [0.05, 0.1) is 5.75 Å². The monoisotopic (exact) mass is 390 g/mol. The lowest BCUT2D eigenvalue weighted by atomic mass is 10.0. The molecule has 0 radical (unpaired) electrons. The topological polar surface area (TPSA) is 32.3 Å². The van der Waals surface area contributed by atoms with Crippen LogP contribution in [0.4, 0.5) is 8.78 Å². The molecule has 1 aliphatic rings. The fraction of sp³-hybridized carbons (Fsp3) is 0.381. The second kappa shape index (κ2) is 9.85. The molecule has 0 unspecified atom stereocenters. The largest absolute Gasteiger partial charge is 0.351 e. The van der Waals surface area contributed by atoms with Gasteiger partial charge in [-0.1, -0.05) is 30.7 Å². The Morgan fingerprint density at radius 3 is 2.56 bits per heavy atom. The molecule has 1 N–H and O–H groups in total. The number of piperidine rings is 1. The quantitative estimate of drug-likeness (QED) is 0.713. The van der Waals surface area contributed by atoms with Crippen molar-refractivity contribution < 1.29 is 13.6 Å². The van der Waals surface area contributed by atoms with Crippen LogP contribution < -0.4 is 5.32 Å². The minimum atomic E-state index is -0.513. The molecule has 2 aromatic carbocycles. The van der Waals surface area contributed by atoms with E-state index in [-0.39, 0.29) is 16.6 Å². The number of halogens is 2. The lowest BCUT2D eigenvalue weighted by Gasteiger charge is -2.27. The molecular weight excluding hydrogens is 366 g/mol. The Morgan fingerprint density at radius 1 is 1.04 bits per heavy atom. The molecule has 1 saturated heterocycles. The number of rotatable bonds is 7. The fourth-order valence-corrected chi connectivity index (χ4v) is 4.01. The van der Waals surface area contributed by atoms with Crippen molar-refractivity contribution in [1.82, 2.24) is 10.2 Å². The SMILES string of the molecule is O=C(CSc1cc(F)ccc1F)NCc1ccccc1CN1CCCCC1. The number of hydrogen-bond acceptors (Lipinski definition) is 3. The van der Waals surface area contributed by atoms with Crippen molar-refractivity contribution in [1.29, 1.82) is 0 Å². The standard InChI is InChI=1S/C21H24F2N2OS/c22-18-8-9-19(23)20(12-18)27-15-21(26)24-13-16-6-2-3-7-17(16)14-25-10-4-1-5-11-25/h2-3,6-9,12H,1,4-5,10-11,13-15H2,(H,24,26). The lowest BCUT2D eigenvalue weighted by Crippen LogP contribution is -2.30. The van der Waals surface area contributed by atoms with Gasteiger partial charge >= 0.3 is 0 Å². The predicted octanol–water partition coefficient (Wildman–Crippen LogP) is 4.36. The second-order valence-electron chi connectivity index (χ2n) is 6.75. The number of thioether (sulfide) groups is 1. The summed E-state index contributed by atoms with van der Waals surface area (Å²) in [5, 5.41) is 2.89. The minimum absolute atomic E-state index is 0.0503. The Balaban J connectivity index is 1.52. The van der Waals surface area contributed by atoms with Crippen LogP contribution in [-0.4, -0.2) is 29.6 Å². The number of benzene rings is 2. The lowest BCUT2D eigenvalue weighted by molar-refractivity contribution is -0.118. The van der Waals surface area contributed by atoms with Gasteiger partial charge in [-0.15, -0.1) is 11.8 Å². The summed E-state index contributed by atoms with van der Waals surface area (Å²) in [6.07, 6.45) is 3.79. The highest BCUT2D eigenvalue weighted by Gasteiger charge is 2.13. The maximum absolute atomic E-state index is 13.6. The molecule has 1 heterocycles. The number of hydrogen-bond donors (Lipinski definition) is 1. The van der Waals surface area contributed by atoms with Crippen LogP contribution in [0.5, 0.6) is 0 Å². The summed E-state index contributed by atoms with van der Waals surface area (Å²) in [6.45, 7) is 3.58. The van der Waals surface area contributed by atoms with Crippen molar-refractivity contribution >= 4 is 17.7 Å². The second-order valence-corrected chi connectivity index (χ2v) is 7.76. The summed E-state index contributed by atoms with van der Waals surface area (Å²) < 4.78 is 26.8. The molecule has 2 aromatic rings. The Bertz CT molecular complexity index is 779. The highest BCUT2D eigenvalue weighted by atomic mass is 32.2. The third-order valence-electron chi connectivity index (χ3n) is 4.69. The van der Waals surface area contributed by atoms with Gasteiger partial charge in [0.25, 0.3) is 0 Å². The first-order chi connectivity index (χ1) is 13.1. The number of carbonyl (C=O) groups is 1. The van der Waals surface area contributed by atoms with Crippen LogP contribution in [0.3, 0.4) is 0 Å². The maximum atomic E-state index is 13.6. The first-order valence-corrected chi connectivity index (χ1v) is 10.2. The Morgan fingerprint density at radius 2 is 1.78 bits per heavy atom. The van der Waals surface area contributed by atoms with E-state index in [0.717, 1.165) is 55.2 Å². The summed E-state index contributed by atoms with van der Waals surface area (Å²) in [7, 11) is 0. The minimum Gasteiger partial charge on any atom is -0.351 e. The van der Waals surface area contributed by atoms with Gasteiger partial charge in [0.1, 0.15) is 11.6 Å². The zero-order chi connectivity index (χ0) is 19.1. The van der Waals surface area contributed by atoms with E-state index in [9.17, 15) is 13.6 Å². The van der Waals surface area contributed by atoms with E-state index < -0.39 is 11.6 Å². The van der Waals surface area contributed by atoms with Crippen molar-refractivity contribution in [2.45, 2.75) is 37.2 Å². The van der Waals surface area contributed by atoms with Gasteiger partial charge in [0.15, 0.2) is 0 Å². The molecule has 0 spiro atoms. The number of likely N-dealkylation sites (tertiary alicyclic amines) is 1. The smallest absolute Gasteiger partial charge is 0.230 e. The third kappa shape index (κ3) is 6.04. The van der Waals surface area contributed by atoms with E-state index in [1.807, 2.05) is 18.2 Å². The van der Waals surface area contributed by atoms with E-state index in [4.69, 9.17) is 0 Å². The molecule has 1 aliphatic heterocycles. The molecule has 0 atom stereocenters. The first-order valence-electron chi connectivity index (χ1n) is 9.25. The van der Waals surface area contributed by atoms with E-state index in [0.29, 0.717) is 6.54 Å². The summed E-state index contributed by atoms with van der Waals surface area (Å²) in [5.41, 5.74) is 2.32. The average molecular weight is 390 g/mol. The van der Waals surface area contributed by atoms with E-state index in [1.165, 1.54) is 24.8 Å². The van der Waals surface area contributed by atoms with E-state index in [2.05, 4.69) is 16.3 Å². The summed E-state index contributed by atoms with van der Waals surface area (Å²) in [4.78, 5) is 14.7. The number of nitrogens with one attached hydrogen (secondary N) is 1. The molecule has 6 heteroatoms. The van der Waals surface area contributed by atoms with Crippen molar-refractivity contribution in [3.8, 4) is 0 Å². The number of carbonyl (C=O) groups excluding carboxylic acids is 1. The highest BCUT2D eigenvalue weighted by molar-refractivity contribution is 8.00. The molecular formula is C21H24F2N2OS. The zero-order valence-corrected chi connectivity index (χ0v) is 16.0. The van der Waals surface area contributed by atoms with Gasteiger partial charge in [-0.2, -0.15) is 0 Å². The van der Waals surface area contributed by atoms with E-state index in [1.54, 1.807) is 0 Å². The molecule has 3 rings (SSSR count). The fourth-order valence-electron chi connectivity index (χ4n) is 3.22. The number of amides is 1. The third-order valence-corrected chi connectivity index (χ3v) is 5.72. The summed E-state index contributed by atoms with van der Waals surface area (Å²) >= 11 is 1.00. The molecule has 0 aromatic heterocycles. The van der Waals surface area contributed by atoms with Crippen LogP contribution in [0.15, 0.2) is 47.4 Å². The van der Waals surface area contributed by atoms with Crippen LogP contribution in [0.25, 0.3) is 0 Å². The van der Waals surface area contributed by atoms with Crippen molar-refractivity contribution in [2.75, 3.05) is 18.8 Å². The molecule has 1 amide bonds. The molecule has 0 saturated carbocycles. The molecule has 3 nitrogen and oxygen atoms in total. The molecule has 0 bridgehead atoms. The van der Waals surface area contributed by atoms with Crippen LogP contribution in [0.2, 0.25) is 0 Å². The van der Waals surface area contributed by atoms with Gasteiger partial charge in [-0.25, -0.2) is 8.78 Å². The Hall–Kier alpha value is -1.92. The zero-order valence-electron chi connectivity index (χ0n) is 15.2. The van der Waals surface area contributed by atoms with Crippen LogP contribution >= 0.6 is 11.8 Å². The molecule has 27 heavy (non-hydrogen) atoms. The average Bonchev–Trinajstić information content (AvgIpc) is 2.69. The Labute approximate surface area is 163 Å². The number of nitrogens with zero attached hydrogens (tertiary/aromatic N) is 1. The maximum Gasteiger partial charge on any atom is 0.230 e. The van der Waals surface area contributed by atoms with Crippen molar-refractivity contribution in [3.05, 3.63) is 65.2 Å². The van der Waals surface area contributed by atoms with E-state index >= 15 is 0 Å². The first kappa shape index (κ1) is 19.8. The van der Waals surface area contributed by atoms with Gasteiger partial charge < -0.3 is 5.32 Å². The van der Waals surface area contributed by atoms with Gasteiger partial charge in [-0.05, 0) is 55.3 Å².